The Bertz CT molecular complexity index is 391. The first-order valence-corrected chi connectivity index (χ1v) is 5.13. The zero-order chi connectivity index (χ0) is 10.9. The van der Waals surface area contributed by atoms with Crippen molar-refractivity contribution in [3.8, 4) is 0 Å². The maximum Gasteiger partial charge on any atom is 0.147 e. The van der Waals surface area contributed by atoms with Crippen molar-refractivity contribution < 1.29 is 9.50 Å². The van der Waals surface area contributed by atoms with Crippen molar-refractivity contribution >= 4 is 0 Å². The largest absolute Gasteiger partial charge is 0.381 e. The molecule has 15 heavy (non-hydrogen) atoms. The van der Waals surface area contributed by atoms with Gasteiger partial charge in [0.1, 0.15) is 11.4 Å². The minimum Gasteiger partial charge on any atom is -0.381 e. The fourth-order valence-corrected chi connectivity index (χ4v) is 1.90. The molecule has 0 aliphatic heterocycles. The fourth-order valence-electron chi connectivity index (χ4n) is 1.90. The Kier molecular flexibility index (Phi) is 2.57. The summed E-state index contributed by atoms with van der Waals surface area (Å²) < 4.78 is 13.5. The molecule has 1 aliphatic rings. The number of aromatic nitrogens is 1. The highest BCUT2D eigenvalue weighted by atomic mass is 19.1. The summed E-state index contributed by atoms with van der Waals surface area (Å²) in [5, 5.41) is 10.3. The molecular formula is C12H14FNO. The van der Waals surface area contributed by atoms with Gasteiger partial charge in [0.25, 0.3) is 0 Å². The summed E-state index contributed by atoms with van der Waals surface area (Å²) in [5.41, 5.74) is -0.833. The third kappa shape index (κ3) is 1.92. The second kappa shape index (κ2) is 3.74. The van der Waals surface area contributed by atoms with Crippen LogP contribution in [0.3, 0.4) is 0 Å². The van der Waals surface area contributed by atoms with E-state index in [4.69, 9.17) is 0 Å². The highest BCUT2D eigenvalue weighted by Gasteiger charge is 2.31. The normalized spacial score (nSPS) is 30.5. The minimum atomic E-state index is -1.15. The molecule has 80 valence electrons. The van der Waals surface area contributed by atoms with Crippen LogP contribution in [0.5, 0.6) is 0 Å². The summed E-state index contributed by atoms with van der Waals surface area (Å²) in [6, 6.07) is 1.54. The number of halogens is 1. The lowest BCUT2D eigenvalue weighted by atomic mass is 9.81. The fraction of sp³-hybridized carbons (Fsp3) is 0.417. The molecule has 0 amide bonds. The zero-order valence-corrected chi connectivity index (χ0v) is 8.65. The van der Waals surface area contributed by atoms with Crippen LogP contribution in [-0.4, -0.2) is 10.1 Å². The standard InChI is InChI=1S/C12H14FNO/c1-9-2-5-12(15,6-3-9)10-4-7-14-8-11(10)13/h2,4-5,7-9,15H,3,6H2,1H3. The molecule has 3 heteroatoms. The second-order valence-electron chi connectivity index (χ2n) is 4.15. The van der Waals surface area contributed by atoms with E-state index in [1.165, 1.54) is 12.3 Å². The maximum atomic E-state index is 13.5. The zero-order valence-electron chi connectivity index (χ0n) is 8.65. The molecule has 1 aromatic rings. The van der Waals surface area contributed by atoms with Crippen LogP contribution in [0, 0.1) is 11.7 Å². The Balaban J connectivity index is 2.38. The summed E-state index contributed by atoms with van der Waals surface area (Å²) in [5.74, 6) is 0.00868. The third-order valence-corrected chi connectivity index (χ3v) is 2.92. The van der Waals surface area contributed by atoms with Gasteiger partial charge in [-0.3, -0.25) is 4.98 Å². The monoisotopic (exact) mass is 207 g/mol. The summed E-state index contributed by atoms with van der Waals surface area (Å²) in [7, 11) is 0. The molecule has 2 unspecified atom stereocenters. The van der Waals surface area contributed by atoms with Gasteiger partial charge >= 0.3 is 0 Å². The van der Waals surface area contributed by atoms with E-state index < -0.39 is 11.4 Å². The smallest absolute Gasteiger partial charge is 0.147 e. The summed E-state index contributed by atoms with van der Waals surface area (Å²) >= 11 is 0. The van der Waals surface area contributed by atoms with Gasteiger partial charge in [0.15, 0.2) is 0 Å². The average Bonchev–Trinajstić information content (AvgIpc) is 2.23. The molecule has 0 spiro atoms. The average molecular weight is 207 g/mol. The molecule has 2 rings (SSSR count). The van der Waals surface area contributed by atoms with Crippen molar-refractivity contribution in [1.29, 1.82) is 0 Å². The van der Waals surface area contributed by atoms with E-state index in [2.05, 4.69) is 11.9 Å². The predicted octanol–water partition coefficient (Wildman–Crippen LogP) is 2.39. The van der Waals surface area contributed by atoms with Crippen LogP contribution in [-0.2, 0) is 5.60 Å². The van der Waals surface area contributed by atoms with E-state index in [1.54, 1.807) is 6.08 Å². The number of aliphatic hydroxyl groups is 1. The molecule has 0 radical (unpaired) electrons. The molecule has 1 aromatic heterocycles. The number of rotatable bonds is 1. The Hall–Kier alpha value is -1.22. The van der Waals surface area contributed by atoms with Crippen molar-refractivity contribution in [2.75, 3.05) is 0 Å². The van der Waals surface area contributed by atoms with Crippen molar-refractivity contribution in [1.82, 2.24) is 4.98 Å². The first-order valence-electron chi connectivity index (χ1n) is 5.13. The maximum absolute atomic E-state index is 13.5. The molecule has 0 saturated heterocycles. The van der Waals surface area contributed by atoms with E-state index in [-0.39, 0.29) is 0 Å². The predicted molar refractivity (Wildman–Crippen MR) is 55.6 cm³/mol. The van der Waals surface area contributed by atoms with Crippen molar-refractivity contribution in [2.45, 2.75) is 25.4 Å². The van der Waals surface area contributed by atoms with Crippen LogP contribution in [0.1, 0.15) is 25.3 Å². The van der Waals surface area contributed by atoms with Gasteiger partial charge in [-0.15, -0.1) is 0 Å². The SMILES string of the molecule is CC1C=CC(O)(c2ccncc2F)CC1. The Morgan fingerprint density at radius 3 is 3.00 bits per heavy atom. The highest BCUT2D eigenvalue weighted by Crippen LogP contribution is 2.35. The van der Waals surface area contributed by atoms with E-state index in [9.17, 15) is 9.50 Å². The molecule has 0 aromatic carbocycles. The molecule has 0 fully saturated rings. The van der Waals surface area contributed by atoms with Crippen LogP contribution in [0.2, 0.25) is 0 Å². The van der Waals surface area contributed by atoms with Crippen molar-refractivity contribution in [3.63, 3.8) is 0 Å². The van der Waals surface area contributed by atoms with Gasteiger partial charge in [-0.2, -0.15) is 0 Å². The number of nitrogens with zero attached hydrogens (tertiary/aromatic N) is 1. The van der Waals surface area contributed by atoms with Crippen molar-refractivity contribution in [2.24, 2.45) is 5.92 Å². The van der Waals surface area contributed by atoms with Crippen LogP contribution in [0.15, 0.2) is 30.6 Å². The topological polar surface area (TPSA) is 33.1 Å². The number of hydrogen-bond donors (Lipinski definition) is 1. The molecular weight excluding hydrogens is 193 g/mol. The van der Waals surface area contributed by atoms with Gasteiger partial charge in [-0.1, -0.05) is 19.1 Å². The number of allylic oxidation sites excluding steroid dienone is 1. The van der Waals surface area contributed by atoms with Crippen molar-refractivity contribution in [3.05, 3.63) is 42.0 Å². The minimum absolute atomic E-state index is 0.320. The Morgan fingerprint density at radius 1 is 1.60 bits per heavy atom. The summed E-state index contributed by atoms with van der Waals surface area (Å²) in [4.78, 5) is 3.68. The first kappa shape index (κ1) is 10.3. The van der Waals surface area contributed by atoms with E-state index in [0.29, 0.717) is 17.9 Å². The van der Waals surface area contributed by atoms with Crippen LogP contribution >= 0.6 is 0 Å². The molecule has 2 nitrogen and oxygen atoms in total. The molecule has 1 aliphatic carbocycles. The summed E-state index contributed by atoms with van der Waals surface area (Å²) in [6.07, 6.45) is 7.70. The van der Waals surface area contributed by atoms with E-state index in [0.717, 1.165) is 12.6 Å². The lowest BCUT2D eigenvalue weighted by Crippen LogP contribution is -2.27. The van der Waals surface area contributed by atoms with Gasteiger partial charge in [0.2, 0.25) is 0 Å². The van der Waals surface area contributed by atoms with E-state index in [1.807, 2.05) is 6.08 Å². The van der Waals surface area contributed by atoms with E-state index >= 15 is 0 Å². The van der Waals surface area contributed by atoms with Crippen LogP contribution < -0.4 is 0 Å². The quantitative estimate of drug-likeness (QED) is 0.717. The Labute approximate surface area is 88.5 Å². The molecule has 0 bridgehead atoms. The molecule has 1 heterocycles. The molecule has 1 N–H and O–H groups in total. The third-order valence-electron chi connectivity index (χ3n) is 2.92. The number of pyridine rings is 1. The van der Waals surface area contributed by atoms with Gasteiger partial charge < -0.3 is 5.11 Å². The van der Waals surface area contributed by atoms with Gasteiger partial charge in [-0.25, -0.2) is 4.39 Å². The Morgan fingerprint density at radius 2 is 2.40 bits per heavy atom. The lowest BCUT2D eigenvalue weighted by Gasteiger charge is -2.30. The number of hydrogen-bond acceptors (Lipinski definition) is 2. The van der Waals surface area contributed by atoms with Crippen LogP contribution in [0.4, 0.5) is 4.39 Å². The molecule has 0 saturated carbocycles. The van der Waals surface area contributed by atoms with Gasteiger partial charge in [-0.05, 0) is 24.8 Å². The second-order valence-corrected chi connectivity index (χ2v) is 4.15. The van der Waals surface area contributed by atoms with Crippen LogP contribution in [0.25, 0.3) is 0 Å². The lowest BCUT2D eigenvalue weighted by molar-refractivity contribution is 0.0635. The first-order chi connectivity index (χ1) is 7.12. The van der Waals surface area contributed by atoms with Gasteiger partial charge in [0, 0.05) is 11.8 Å². The summed E-state index contributed by atoms with van der Waals surface area (Å²) in [6.45, 7) is 2.08. The molecule has 2 atom stereocenters. The van der Waals surface area contributed by atoms with Gasteiger partial charge in [0.05, 0.1) is 6.20 Å². The highest BCUT2D eigenvalue weighted by molar-refractivity contribution is 5.28.